The third-order valence-electron chi connectivity index (χ3n) is 1.78. The lowest BCUT2D eigenvalue weighted by Crippen LogP contribution is -2.46. The highest BCUT2D eigenvalue weighted by atomic mass is 28.4. The predicted molar refractivity (Wildman–Crippen MR) is 75.5 cm³/mol. The van der Waals surface area contributed by atoms with Crippen molar-refractivity contribution in [3.8, 4) is 0 Å². The molecular formula is C11H32N2O3Si. The van der Waals surface area contributed by atoms with Gasteiger partial charge in [0.15, 0.2) is 0 Å². The molecule has 0 aromatic carbocycles. The van der Waals surface area contributed by atoms with Gasteiger partial charge < -0.3 is 25.2 Å². The predicted octanol–water partition coefficient (Wildman–Crippen LogP) is 2.57. The average Bonchev–Trinajstić information content (AvgIpc) is 2.30. The molecule has 0 aliphatic rings. The molecule has 0 bridgehead atoms. The van der Waals surface area contributed by atoms with Gasteiger partial charge in [0, 0.05) is 25.9 Å². The van der Waals surface area contributed by atoms with Gasteiger partial charge in [-0.25, -0.2) is 0 Å². The molecule has 108 valence electrons. The van der Waals surface area contributed by atoms with Crippen LogP contribution >= 0.6 is 0 Å². The fraction of sp³-hybridized carbons (Fsp3) is 1.00. The molecule has 0 fully saturated rings. The summed E-state index contributed by atoms with van der Waals surface area (Å²) in [5.41, 5.74) is 5.48. The number of rotatable bonds is 9. The average molecular weight is 268 g/mol. The van der Waals surface area contributed by atoms with Gasteiger partial charge in [-0.2, -0.15) is 0 Å². The molecule has 0 rings (SSSR count). The van der Waals surface area contributed by atoms with Crippen molar-refractivity contribution < 1.29 is 13.3 Å². The highest BCUT2D eigenvalue weighted by molar-refractivity contribution is 6.60. The summed E-state index contributed by atoms with van der Waals surface area (Å²) in [4.78, 5) is 0. The molecular weight excluding hydrogens is 236 g/mol. The van der Waals surface area contributed by atoms with Gasteiger partial charge in [-0.3, -0.25) is 0 Å². The lowest BCUT2D eigenvalue weighted by atomic mass is 10.5. The molecule has 0 spiro atoms. The van der Waals surface area contributed by atoms with Gasteiger partial charge in [-0.05, 0) is 33.7 Å². The van der Waals surface area contributed by atoms with Crippen molar-refractivity contribution in [3.05, 3.63) is 0 Å². The SMILES string of the molecule is CC.CCO[Si](CCCN)(OCC)OCC.N. The van der Waals surface area contributed by atoms with Gasteiger partial charge in [0.2, 0.25) is 0 Å². The molecule has 0 aliphatic heterocycles. The van der Waals surface area contributed by atoms with Gasteiger partial charge in [0.1, 0.15) is 0 Å². The van der Waals surface area contributed by atoms with Gasteiger partial charge in [-0.15, -0.1) is 0 Å². The first-order valence-corrected chi connectivity index (χ1v) is 8.29. The zero-order valence-electron chi connectivity index (χ0n) is 12.3. The van der Waals surface area contributed by atoms with Crippen LogP contribution in [-0.2, 0) is 13.3 Å². The lowest BCUT2D eigenvalue weighted by molar-refractivity contribution is 0.0710. The quantitative estimate of drug-likeness (QED) is 0.627. The molecule has 0 saturated heterocycles. The summed E-state index contributed by atoms with van der Waals surface area (Å²) in [5.74, 6) is 0. The maximum atomic E-state index is 5.65. The van der Waals surface area contributed by atoms with Crippen molar-refractivity contribution >= 4 is 8.80 Å². The maximum Gasteiger partial charge on any atom is 0.500 e. The molecule has 0 radical (unpaired) electrons. The van der Waals surface area contributed by atoms with E-state index in [-0.39, 0.29) is 6.15 Å². The van der Waals surface area contributed by atoms with Gasteiger partial charge in [0.05, 0.1) is 0 Å². The van der Waals surface area contributed by atoms with E-state index in [2.05, 4.69) is 0 Å². The van der Waals surface area contributed by atoms with E-state index < -0.39 is 8.80 Å². The number of hydrogen-bond acceptors (Lipinski definition) is 5. The minimum absolute atomic E-state index is 0. The second kappa shape index (κ2) is 16.0. The van der Waals surface area contributed by atoms with Crippen LogP contribution < -0.4 is 11.9 Å². The second-order valence-corrected chi connectivity index (χ2v) is 5.61. The van der Waals surface area contributed by atoms with Crippen LogP contribution in [0.15, 0.2) is 0 Å². The first-order valence-electron chi connectivity index (χ1n) is 6.36. The maximum absolute atomic E-state index is 5.65. The van der Waals surface area contributed by atoms with Gasteiger partial charge >= 0.3 is 8.80 Å². The Morgan fingerprint density at radius 2 is 1.24 bits per heavy atom. The van der Waals surface area contributed by atoms with E-state index in [1.54, 1.807) is 0 Å². The summed E-state index contributed by atoms with van der Waals surface area (Å²) in [6.45, 7) is 12.4. The lowest BCUT2D eigenvalue weighted by Gasteiger charge is -2.28. The Bertz CT molecular complexity index is 123. The van der Waals surface area contributed by atoms with Crippen molar-refractivity contribution in [1.29, 1.82) is 0 Å². The standard InChI is InChI=1S/C9H23NO3Si.C2H6.H3N/c1-4-11-14(12-5-2,13-6-3)9-7-8-10;1-2;/h4-10H2,1-3H3;1-2H3;1H3. The summed E-state index contributed by atoms with van der Waals surface area (Å²) in [7, 11) is -2.40. The summed E-state index contributed by atoms with van der Waals surface area (Å²) in [5, 5.41) is 0. The molecule has 0 heterocycles. The zero-order chi connectivity index (χ0) is 12.9. The second-order valence-electron chi connectivity index (χ2n) is 2.87. The van der Waals surface area contributed by atoms with E-state index in [0.29, 0.717) is 26.4 Å². The third-order valence-corrected chi connectivity index (χ3v) is 4.93. The molecule has 5 nitrogen and oxygen atoms in total. The van der Waals surface area contributed by atoms with Gasteiger partial charge in [-0.1, -0.05) is 13.8 Å². The summed E-state index contributed by atoms with van der Waals surface area (Å²) in [6, 6.07) is 0.818. The normalized spacial score (nSPS) is 10.2. The molecule has 0 saturated carbocycles. The van der Waals surface area contributed by atoms with E-state index in [1.807, 2.05) is 34.6 Å². The molecule has 0 atom stereocenters. The fourth-order valence-electron chi connectivity index (χ4n) is 1.32. The fourth-order valence-corrected chi connectivity index (χ4v) is 3.96. The Kier molecular flexibility index (Phi) is 20.9. The monoisotopic (exact) mass is 268 g/mol. The topological polar surface area (TPSA) is 88.7 Å². The van der Waals surface area contributed by atoms with Crippen LogP contribution in [0.25, 0.3) is 0 Å². The van der Waals surface area contributed by atoms with E-state index >= 15 is 0 Å². The summed E-state index contributed by atoms with van der Waals surface area (Å²) in [6.07, 6.45) is 0.895. The van der Waals surface area contributed by atoms with E-state index in [1.165, 1.54) is 0 Å². The highest BCUT2D eigenvalue weighted by Crippen LogP contribution is 2.17. The molecule has 0 aromatic rings. The number of nitrogens with two attached hydrogens (primary N) is 1. The van der Waals surface area contributed by atoms with Crippen LogP contribution in [0.5, 0.6) is 0 Å². The van der Waals surface area contributed by atoms with Gasteiger partial charge in [0.25, 0.3) is 0 Å². The van der Waals surface area contributed by atoms with Crippen LogP contribution in [0.3, 0.4) is 0 Å². The Hall–Kier alpha value is 0.0169. The highest BCUT2D eigenvalue weighted by Gasteiger charge is 2.39. The largest absolute Gasteiger partial charge is 0.500 e. The number of hydrogen-bond donors (Lipinski definition) is 2. The first kappa shape index (κ1) is 22.2. The Morgan fingerprint density at radius 1 is 0.882 bits per heavy atom. The smallest absolute Gasteiger partial charge is 0.374 e. The molecule has 0 amide bonds. The summed E-state index contributed by atoms with van der Waals surface area (Å²) >= 11 is 0. The molecule has 0 aliphatic carbocycles. The molecule has 0 aromatic heterocycles. The van der Waals surface area contributed by atoms with Crippen LogP contribution in [0, 0.1) is 0 Å². The Morgan fingerprint density at radius 3 is 1.47 bits per heavy atom. The molecule has 17 heavy (non-hydrogen) atoms. The molecule has 5 N–H and O–H groups in total. The minimum Gasteiger partial charge on any atom is -0.374 e. The molecule has 0 unspecified atom stereocenters. The minimum atomic E-state index is -2.40. The van der Waals surface area contributed by atoms with Crippen LogP contribution in [0.1, 0.15) is 41.0 Å². The molecule has 6 heteroatoms. The van der Waals surface area contributed by atoms with E-state index in [0.717, 1.165) is 12.5 Å². The summed E-state index contributed by atoms with van der Waals surface area (Å²) < 4.78 is 17.0. The van der Waals surface area contributed by atoms with Crippen LogP contribution in [0.2, 0.25) is 6.04 Å². The van der Waals surface area contributed by atoms with Crippen molar-refractivity contribution in [2.75, 3.05) is 26.4 Å². The van der Waals surface area contributed by atoms with Crippen molar-refractivity contribution in [2.24, 2.45) is 5.73 Å². The van der Waals surface area contributed by atoms with Crippen molar-refractivity contribution in [3.63, 3.8) is 0 Å². The van der Waals surface area contributed by atoms with Crippen LogP contribution in [-0.4, -0.2) is 35.2 Å². The van der Waals surface area contributed by atoms with E-state index in [4.69, 9.17) is 19.0 Å². The van der Waals surface area contributed by atoms with Crippen LogP contribution in [0.4, 0.5) is 0 Å². The Labute approximate surface area is 108 Å². The Balaban J connectivity index is -0.000000616. The third kappa shape index (κ3) is 10.9. The van der Waals surface area contributed by atoms with Crippen molar-refractivity contribution in [2.45, 2.75) is 47.1 Å². The van der Waals surface area contributed by atoms with Crippen molar-refractivity contribution in [1.82, 2.24) is 6.15 Å². The zero-order valence-corrected chi connectivity index (χ0v) is 13.3. The van der Waals surface area contributed by atoms with E-state index in [9.17, 15) is 0 Å². The first-order chi connectivity index (χ1) is 7.74.